The monoisotopic (exact) mass is 224 g/mol. The van der Waals surface area contributed by atoms with E-state index in [0.717, 1.165) is 32.5 Å². The van der Waals surface area contributed by atoms with Gasteiger partial charge in [-0.1, -0.05) is 13.3 Å². The predicted molar refractivity (Wildman–Crippen MR) is 52.6 cm³/mol. The first-order valence-electron chi connectivity index (χ1n) is 5.12. The number of rotatable bonds is 3. The summed E-state index contributed by atoms with van der Waals surface area (Å²) in [5.41, 5.74) is -0.0955. The summed E-state index contributed by atoms with van der Waals surface area (Å²) >= 11 is 0. The van der Waals surface area contributed by atoms with Crippen molar-refractivity contribution in [3.05, 3.63) is 0 Å². The van der Waals surface area contributed by atoms with Crippen LogP contribution in [0.3, 0.4) is 0 Å². The van der Waals surface area contributed by atoms with Gasteiger partial charge in [0.25, 0.3) is 0 Å². The largest absolute Gasteiger partial charge is 1.00 e. The first-order chi connectivity index (χ1) is 6.14. The van der Waals surface area contributed by atoms with Crippen molar-refractivity contribution in [2.45, 2.75) is 25.3 Å². The van der Waals surface area contributed by atoms with Gasteiger partial charge in [0.15, 0.2) is 0 Å². The van der Waals surface area contributed by atoms with E-state index in [9.17, 15) is 5.11 Å². The minimum Gasteiger partial charge on any atom is -0.853 e. The molecule has 1 rings (SSSR count). The molecule has 1 fully saturated rings. The van der Waals surface area contributed by atoms with E-state index in [4.69, 9.17) is 0 Å². The van der Waals surface area contributed by atoms with Crippen LogP contribution in [0.5, 0.6) is 0 Å². The van der Waals surface area contributed by atoms with E-state index in [1.807, 2.05) is 0 Å². The van der Waals surface area contributed by atoms with E-state index < -0.39 is 0 Å². The van der Waals surface area contributed by atoms with Crippen LogP contribution in [0.2, 0.25) is 0 Å². The molecule has 0 saturated carbocycles. The minimum absolute atomic E-state index is 0. The van der Waals surface area contributed by atoms with E-state index >= 15 is 0 Å². The van der Waals surface area contributed by atoms with Crippen LogP contribution in [0.4, 0.5) is 0 Å². The van der Waals surface area contributed by atoms with Crippen LogP contribution in [-0.4, -0.2) is 55.7 Å². The quantitative estimate of drug-likeness (QED) is 0.472. The maximum absolute atomic E-state index is 11.3. The fourth-order valence-electron chi connectivity index (χ4n) is 2.22. The topological polar surface area (TPSA) is 29.5 Å². The molecule has 0 spiro atoms. The third-order valence-electron chi connectivity index (χ3n) is 3.18. The summed E-state index contributed by atoms with van der Waals surface area (Å²) in [6, 6.07) is 0. The molecule has 3 nitrogen and oxygen atoms in total. The number of hydrogen-bond donors (Lipinski definition) is 0. The van der Waals surface area contributed by atoms with Crippen molar-refractivity contribution in [2.24, 2.45) is 0 Å². The second-order valence-electron chi connectivity index (χ2n) is 4.28. The summed E-state index contributed by atoms with van der Waals surface area (Å²) in [5, 5.41) is 11.3. The van der Waals surface area contributed by atoms with Gasteiger partial charge in [-0.05, 0) is 20.5 Å². The fraction of sp³-hybridized carbons (Fsp3) is 1.00. The molecular weight excluding hydrogens is 203 g/mol. The zero-order valence-electron chi connectivity index (χ0n) is 10.0. The Morgan fingerprint density at radius 3 is 2.43 bits per heavy atom. The van der Waals surface area contributed by atoms with Gasteiger partial charge in [-0.25, -0.2) is 0 Å². The summed E-state index contributed by atoms with van der Waals surface area (Å²) in [7, 11) is 4.19. The Balaban J connectivity index is 0.00000169. The van der Waals surface area contributed by atoms with Gasteiger partial charge in [-0.15, -0.1) is 6.61 Å². The van der Waals surface area contributed by atoms with Crippen LogP contribution in [0.15, 0.2) is 0 Å². The summed E-state index contributed by atoms with van der Waals surface area (Å²) in [5.74, 6) is 0. The molecule has 0 aliphatic carbocycles. The van der Waals surface area contributed by atoms with E-state index in [-0.39, 0.29) is 63.5 Å². The smallest absolute Gasteiger partial charge is 0.853 e. The maximum atomic E-state index is 11.3. The Hall–Kier alpha value is 1.52. The molecule has 1 heterocycles. The fourth-order valence-corrected chi connectivity index (χ4v) is 2.22. The Labute approximate surface area is 130 Å². The zero-order valence-corrected chi connectivity index (χ0v) is 13.2. The van der Waals surface area contributed by atoms with Gasteiger partial charge < -0.3 is 10.0 Å². The average Bonchev–Trinajstić information content (AvgIpc) is 2.12. The molecule has 0 aromatic carbocycles. The molecular formula is C10H21KN2O. The predicted octanol–water partition coefficient (Wildman–Crippen LogP) is -3.23. The van der Waals surface area contributed by atoms with Crippen molar-refractivity contribution in [3.63, 3.8) is 0 Å². The molecule has 0 radical (unpaired) electrons. The van der Waals surface area contributed by atoms with Crippen LogP contribution < -0.4 is 56.5 Å². The van der Waals surface area contributed by atoms with Gasteiger partial charge in [0.05, 0.1) is 0 Å². The molecule has 1 aliphatic rings. The molecule has 0 aromatic heterocycles. The summed E-state index contributed by atoms with van der Waals surface area (Å²) in [6.45, 7) is 5.23. The second kappa shape index (κ2) is 6.96. The van der Waals surface area contributed by atoms with Crippen LogP contribution in [0.1, 0.15) is 19.8 Å². The molecule has 78 valence electrons. The van der Waals surface area contributed by atoms with Crippen molar-refractivity contribution >= 4 is 0 Å². The summed E-state index contributed by atoms with van der Waals surface area (Å²) < 4.78 is 0. The molecule has 1 atom stereocenters. The Bertz CT molecular complexity index is 168. The second-order valence-corrected chi connectivity index (χ2v) is 4.28. The Morgan fingerprint density at radius 1 is 1.29 bits per heavy atom. The molecule has 1 aliphatic heterocycles. The van der Waals surface area contributed by atoms with Crippen molar-refractivity contribution in [2.75, 3.05) is 40.3 Å². The summed E-state index contributed by atoms with van der Waals surface area (Å²) in [6.07, 6.45) is 2.12. The number of nitrogens with zero attached hydrogens (tertiary/aromatic N) is 2. The van der Waals surface area contributed by atoms with E-state index in [0.29, 0.717) is 0 Å². The normalized spacial score (nSPS) is 30.0. The van der Waals surface area contributed by atoms with E-state index in [1.165, 1.54) is 0 Å². The standard InChI is InChI=1S/C10H21N2O.K/c1-4-5-10(9-13)8-11(2)6-7-12(10)3;/h4-9H2,1-3H3;/q-1;+1. The van der Waals surface area contributed by atoms with Crippen molar-refractivity contribution in [1.82, 2.24) is 9.80 Å². The molecule has 0 aromatic rings. The van der Waals surface area contributed by atoms with Crippen LogP contribution in [0, 0.1) is 0 Å². The SMILES string of the molecule is CCCC1(C[O-])CN(C)CCN1C.[K+]. The third-order valence-corrected chi connectivity index (χ3v) is 3.18. The molecule has 4 heteroatoms. The number of likely N-dealkylation sites (N-methyl/N-ethyl adjacent to an activating group) is 2. The number of hydrogen-bond acceptors (Lipinski definition) is 3. The van der Waals surface area contributed by atoms with Crippen LogP contribution >= 0.6 is 0 Å². The first kappa shape index (κ1) is 15.5. The molecule has 14 heavy (non-hydrogen) atoms. The van der Waals surface area contributed by atoms with Crippen molar-refractivity contribution in [1.29, 1.82) is 0 Å². The van der Waals surface area contributed by atoms with Gasteiger partial charge in [-0.2, -0.15) is 0 Å². The zero-order chi connectivity index (χ0) is 9.90. The third kappa shape index (κ3) is 3.52. The summed E-state index contributed by atoms with van der Waals surface area (Å²) in [4.78, 5) is 4.52. The first-order valence-corrected chi connectivity index (χ1v) is 5.12. The average molecular weight is 224 g/mol. The van der Waals surface area contributed by atoms with E-state index in [2.05, 4.69) is 30.8 Å². The van der Waals surface area contributed by atoms with Gasteiger partial charge in [-0.3, -0.25) is 4.90 Å². The molecule has 0 amide bonds. The Morgan fingerprint density at radius 2 is 1.93 bits per heavy atom. The van der Waals surface area contributed by atoms with E-state index in [1.54, 1.807) is 0 Å². The molecule has 0 N–H and O–H groups in total. The molecule has 1 saturated heterocycles. The molecule has 1 unspecified atom stereocenters. The Kier molecular flexibility index (Phi) is 7.72. The maximum Gasteiger partial charge on any atom is 1.00 e. The molecule has 0 bridgehead atoms. The minimum atomic E-state index is -0.0955. The van der Waals surface area contributed by atoms with Crippen LogP contribution in [0.25, 0.3) is 0 Å². The van der Waals surface area contributed by atoms with Gasteiger partial charge in [0, 0.05) is 25.2 Å². The van der Waals surface area contributed by atoms with Crippen molar-refractivity contribution < 1.29 is 56.5 Å². The van der Waals surface area contributed by atoms with Crippen LogP contribution in [-0.2, 0) is 0 Å². The van der Waals surface area contributed by atoms with Gasteiger partial charge in [0.1, 0.15) is 0 Å². The number of piperazine rings is 1. The van der Waals surface area contributed by atoms with Gasteiger partial charge in [0.2, 0.25) is 0 Å². The van der Waals surface area contributed by atoms with Gasteiger partial charge >= 0.3 is 51.4 Å². The van der Waals surface area contributed by atoms with Crippen molar-refractivity contribution in [3.8, 4) is 0 Å².